The van der Waals surface area contributed by atoms with Crippen molar-refractivity contribution in [3.05, 3.63) is 18.0 Å². The molecule has 4 nitrogen and oxygen atoms in total. The molecule has 1 aliphatic heterocycles. The van der Waals surface area contributed by atoms with Crippen molar-refractivity contribution in [2.75, 3.05) is 13.1 Å². The minimum atomic E-state index is 0.325. The van der Waals surface area contributed by atoms with Gasteiger partial charge < -0.3 is 5.73 Å². The van der Waals surface area contributed by atoms with E-state index in [1.165, 1.54) is 5.69 Å². The summed E-state index contributed by atoms with van der Waals surface area (Å²) in [6.07, 6.45) is 4.40. The van der Waals surface area contributed by atoms with Gasteiger partial charge in [-0.2, -0.15) is 5.10 Å². The zero-order valence-electron chi connectivity index (χ0n) is 11.8. The zero-order chi connectivity index (χ0) is 13.1. The summed E-state index contributed by atoms with van der Waals surface area (Å²) in [6.45, 7) is 9.70. The maximum absolute atomic E-state index is 6.05. The minimum absolute atomic E-state index is 0.325. The second-order valence-corrected chi connectivity index (χ2v) is 5.59. The third kappa shape index (κ3) is 2.93. The van der Waals surface area contributed by atoms with Crippen molar-refractivity contribution in [3.63, 3.8) is 0 Å². The van der Waals surface area contributed by atoms with Crippen molar-refractivity contribution in [1.29, 1.82) is 0 Å². The second-order valence-electron chi connectivity index (χ2n) is 5.59. The third-order valence-corrected chi connectivity index (χ3v) is 4.11. The molecule has 0 amide bonds. The van der Waals surface area contributed by atoms with Crippen LogP contribution >= 0.6 is 0 Å². The molecule has 0 aromatic carbocycles. The number of aromatic nitrogens is 2. The maximum Gasteiger partial charge on any atom is 0.0764 e. The van der Waals surface area contributed by atoms with Crippen LogP contribution in [0, 0.1) is 5.92 Å². The molecule has 2 atom stereocenters. The van der Waals surface area contributed by atoms with Crippen LogP contribution in [0.3, 0.4) is 0 Å². The molecule has 1 aliphatic rings. The van der Waals surface area contributed by atoms with E-state index in [2.05, 4.69) is 42.6 Å². The van der Waals surface area contributed by atoms with Gasteiger partial charge >= 0.3 is 0 Å². The standard InChI is InChI=1S/C14H26N4/c1-4-13(5-2)18-7-6-12(16-18)9-17-8-11(3)14(15)10-17/h6-7,11,13-14H,4-5,8-10,15H2,1-3H3. The van der Waals surface area contributed by atoms with Crippen LogP contribution in [0.15, 0.2) is 12.3 Å². The molecule has 2 unspecified atom stereocenters. The molecule has 4 heteroatoms. The van der Waals surface area contributed by atoms with Crippen LogP contribution in [0.4, 0.5) is 0 Å². The van der Waals surface area contributed by atoms with Crippen LogP contribution in [0.2, 0.25) is 0 Å². The zero-order valence-corrected chi connectivity index (χ0v) is 11.8. The van der Waals surface area contributed by atoms with Gasteiger partial charge in [-0.1, -0.05) is 20.8 Å². The molecule has 2 N–H and O–H groups in total. The molecule has 0 spiro atoms. The second kappa shape index (κ2) is 5.85. The quantitative estimate of drug-likeness (QED) is 0.869. The minimum Gasteiger partial charge on any atom is -0.326 e. The molecule has 1 aromatic rings. The normalized spacial score (nSPS) is 25.2. The Hall–Kier alpha value is -0.870. The van der Waals surface area contributed by atoms with Gasteiger partial charge in [0.25, 0.3) is 0 Å². The number of rotatable bonds is 5. The molecule has 1 saturated heterocycles. The summed E-state index contributed by atoms with van der Waals surface area (Å²) in [5, 5.41) is 4.70. The highest BCUT2D eigenvalue weighted by atomic mass is 15.3. The third-order valence-electron chi connectivity index (χ3n) is 4.11. The lowest BCUT2D eigenvalue weighted by Gasteiger charge is -2.14. The van der Waals surface area contributed by atoms with Crippen LogP contribution < -0.4 is 5.73 Å². The molecule has 102 valence electrons. The molecule has 18 heavy (non-hydrogen) atoms. The first-order valence-corrected chi connectivity index (χ1v) is 7.16. The Bertz CT molecular complexity index is 360. The van der Waals surface area contributed by atoms with Crippen molar-refractivity contribution >= 4 is 0 Å². The fourth-order valence-electron chi connectivity index (χ4n) is 2.78. The van der Waals surface area contributed by atoms with Crippen LogP contribution in [-0.2, 0) is 6.54 Å². The van der Waals surface area contributed by atoms with Gasteiger partial charge in [0, 0.05) is 31.9 Å². The topological polar surface area (TPSA) is 47.1 Å². The van der Waals surface area contributed by atoms with E-state index in [-0.39, 0.29) is 0 Å². The van der Waals surface area contributed by atoms with E-state index in [9.17, 15) is 0 Å². The lowest BCUT2D eigenvalue weighted by Crippen LogP contribution is -2.28. The first-order valence-electron chi connectivity index (χ1n) is 7.16. The van der Waals surface area contributed by atoms with Crippen LogP contribution in [-0.4, -0.2) is 33.8 Å². The number of nitrogens with two attached hydrogens (primary N) is 1. The van der Waals surface area contributed by atoms with Crippen LogP contribution in [0.1, 0.15) is 45.3 Å². The van der Waals surface area contributed by atoms with Crippen molar-refractivity contribution < 1.29 is 0 Å². The Morgan fingerprint density at radius 3 is 2.67 bits per heavy atom. The summed E-state index contributed by atoms with van der Waals surface area (Å²) in [6, 6.07) is 3.01. The highest BCUT2D eigenvalue weighted by Gasteiger charge is 2.26. The van der Waals surface area contributed by atoms with Crippen LogP contribution in [0.5, 0.6) is 0 Å². The SMILES string of the molecule is CCC(CC)n1ccc(CN2CC(C)C(N)C2)n1. The van der Waals surface area contributed by atoms with Gasteiger partial charge in [-0.05, 0) is 24.8 Å². The number of likely N-dealkylation sites (tertiary alicyclic amines) is 1. The molecule has 0 bridgehead atoms. The Morgan fingerprint density at radius 2 is 2.11 bits per heavy atom. The average Bonchev–Trinajstić information content (AvgIpc) is 2.90. The van der Waals surface area contributed by atoms with Gasteiger partial charge in [0.05, 0.1) is 11.7 Å². The van der Waals surface area contributed by atoms with Crippen molar-refractivity contribution in [2.24, 2.45) is 11.7 Å². The highest BCUT2D eigenvalue weighted by molar-refractivity contribution is 5.01. The molecule has 1 aromatic heterocycles. The van der Waals surface area contributed by atoms with Crippen LogP contribution in [0.25, 0.3) is 0 Å². The lowest BCUT2D eigenvalue weighted by atomic mass is 10.1. The molecular formula is C14H26N4. The molecule has 2 rings (SSSR count). The Balaban J connectivity index is 1.95. The largest absolute Gasteiger partial charge is 0.326 e. The lowest BCUT2D eigenvalue weighted by molar-refractivity contribution is 0.311. The van der Waals surface area contributed by atoms with Crippen molar-refractivity contribution in [2.45, 2.75) is 52.2 Å². The van der Waals surface area contributed by atoms with Crippen molar-refractivity contribution in [3.8, 4) is 0 Å². The molecule has 0 saturated carbocycles. The Labute approximate surface area is 110 Å². The fourth-order valence-corrected chi connectivity index (χ4v) is 2.78. The molecule has 1 fully saturated rings. The predicted octanol–water partition coefficient (Wildman–Crippen LogP) is 2.02. The van der Waals surface area contributed by atoms with E-state index >= 15 is 0 Å². The number of nitrogens with zero attached hydrogens (tertiary/aromatic N) is 3. The van der Waals surface area contributed by atoms with E-state index in [4.69, 9.17) is 10.8 Å². The number of hydrogen-bond donors (Lipinski definition) is 1. The van der Waals surface area contributed by atoms with Gasteiger partial charge in [-0.15, -0.1) is 0 Å². The number of hydrogen-bond acceptors (Lipinski definition) is 3. The summed E-state index contributed by atoms with van der Waals surface area (Å²) in [5.74, 6) is 0.603. The summed E-state index contributed by atoms with van der Waals surface area (Å²) in [7, 11) is 0. The van der Waals surface area contributed by atoms with Gasteiger partial charge in [0.1, 0.15) is 0 Å². The summed E-state index contributed by atoms with van der Waals surface area (Å²) in [5.41, 5.74) is 7.22. The van der Waals surface area contributed by atoms with Crippen molar-refractivity contribution in [1.82, 2.24) is 14.7 Å². The fraction of sp³-hybridized carbons (Fsp3) is 0.786. The highest BCUT2D eigenvalue weighted by Crippen LogP contribution is 2.18. The summed E-state index contributed by atoms with van der Waals surface area (Å²) >= 11 is 0. The van der Waals surface area contributed by atoms with E-state index in [0.717, 1.165) is 32.5 Å². The van der Waals surface area contributed by atoms with E-state index in [0.29, 0.717) is 18.0 Å². The average molecular weight is 250 g/mol. The van der Waals surface area contributed by atoms with Gasteiger partial charge in [-0.25, -0.2) is 0 Å². The van der Waals surface area contributed by atoms with E-state index < -0.39 is 0 Å². The maximum atomic E-state index is 6.05. The van der Waals surface area contributed by atoms with E-state index in [1.807, 2.05) is 0 Å². The Kier molecular flexibility index (Phi) is 4.40. The summed E-state index contributed by atoms with van der Waals surface area (Å²) in [4.78, 5) is 2.41. The molecule has 2 heterocycles. The first kappa shape index (κ1) is 13.6. The first-order chi connectivity index (χ1) is 8.63. The smallest absolute Gasteiger partial charge is 0.0764 e. The van der Waals surface area contributed by atoms with Gasteiger partial charge in [-0.3, -0.25) is 9.58 Å². The molecular weight excluding hydrogens is 224 g/mol. The predicted molar refractivity (Wildman–Crippen MR) is 74.3 cm³/mol. The van der Waals surface area contributed by atoms with Gasteiger partial charge in [0.2, 0.25) is 0 Å². The van der Waals surface area contributed by atoms with E-state index in [1.54, 1.807) is 0 Å². The molecule has 0 aliphatic carbocycles. The summed E-state index contributed by atoms with van der Waals surface area (Å²) < 4.78 is 2.12. The Morgan fingerprint density at radius 1 is 1.39 bits per heavy atom. The monoisotopic (exact) mass is 250 g/mol. The van der Waals surface area contributed by atoms with Gasteiger partial charge in [0.15, 0.2) is 0 Å². The molecule has 0 radical (unpaired) electrons.